The van der Waals surface area contributed by atoms with Gasteiger partial charge in [0.15, 0.2) is 5.13 Å². The van der Waals surface area contributed by atoms with Crippen molar-refractivity contribution >= 4 is 16.5 Å². The van der Waals surface area contributed by atoms with Gasteiger partial charge in [0.2, 0.25) is 0 Å². The predicted octanol–water partition coefficient (Wildman–Crippen LogP) is 1.39. The van der Waals surface area contributed by atoms with Gasteiger partial charge in [-0.1, -0.05) is 0 Å². The number of morpholine rings is 1. The number of nitrogens with zero attached hydrogens (tertiary/aromatic N) is 2. The van der Waals surface area contributed by atoms with Gasteiger partial charge in [-0.05, 0) is 13.8 Å². The van der Waals surface area contributed by atoms with Crippen LogP contribution in [0.5, 0.6) is 0 Å². The first kappa shape index (κ1) is 10.9. The minimum atomic E-state index is 0.0217. The van der Waals surface area contributed by atoms with Gasteiger partial charge in [0.25, 0.3) is 0 Å². The fourth-order valence-electron chi connectivity index (χ4n) is 1.62. The first-order valence-electron chi connectivity index (χ1n) is 5.24. The first-order chi connectivity index (χ1) is 7.16. The zero-order chi connectivity index (χ0) is 10.8. The number of thiazole rings is 1. The molecule has 2 unspecified atom stereocenters. The van der Waals surface area contributed by atoms with E-state index in [2.05, 4.69) is 16.8 Å². The van der Waals surface area contributed by atoms with Crippen LogP contribution in [0.2, 0.25) is 0 Å². The Hall–Kier alpha value is -0.650. The molecule has 0 bridgehead atoms. The van der Waals surface area contributed by atoms with E-state index in [9.17, 15) is 0 Å². The SMILES string of the molecule is CC1CN(c2nc(C(C)N)cs2)CCO1. The van der Waals surface area contributed by atoms with Gasteiger partial charge in [-0.2, -0.15) is 0 Å². The Kier molecular flexibility index (Phi) is 3.23. The van der Waals surface area contributed by atoms with Gasteiger partial charge in [-0.3, -0.25) is 0 Å². The molecule has 2 atom stereocenters. The summed E-state index contributed by atoms with van der Waals surface area (Å²) >= 11 is 1.67. The number of aromatic nitrogens is 1. The summed E-state index contributed by atoms with van der Waals surface area (Å²) in [4.78, 5) is 6.80. The summed E-state index contributed by atoms with van der Waals surface area (Å²) in [5.41, 5.74) is 6.77. The van der Waals surface area contributed by atoms with Crippen molar-refractivity contribution in [2.75, 3.05) is 24.6 Å². The van der Waals surface area contributed by atoms with Crippen LogP contribution in [0.4, 0.5) is 5.13 Å². The molecule has 5 heteroatoms. The van der Waals surface area contributed by atoms with Gasteiger partial charge in [-0.25, -0.2) is 4.98 Å². The Morgan fingerprint density at radius 3 is 3.13 bits per heavy atom. The van der Waals surface area contributed by atoms with Crippen LogP contribution in [-0.4, -0.2) is 30.8 Å². The molecule has 0 aromatic carbocycles. The van der Waals surface area contributed by atoms with E-state index in [1.54, 1.807) is 11.3 Å². The van der Waals surface area contributed by atoms with Crippen LogP contribution >= 0.6 is 11.3 Å². The van der Waals surface area contributed by atoms with Crippen molar-refractivity contribution in [1.29, 1.82) is 0 Å². The molecule has 0 aliphatic carbocycles. The van der Waals surface area contributed by atoms with Gasteiger partial charge in [0.1, 0.15) is 0 Å². The summed E-state index contributed by atoms with van der Waals surface area (Å²) < 4.78 is 5.49. The molecule has 1 aliphatic heterocycles. The maximum atomic E-state index is 5.78. The third-order valence-corrected chi connectivity index (χ3v) is 3.41. The quantitative estimate of drug-likeness (QED) is 0.829. The van der Waals surface area contributed by atoms with Crippen molar-refractivity contribution in [3.05, 3.63) is 11.1 Å². The van der Waals surface area contributed by atoms with Crippen LogP contribution in [0.15, 0.2) is 5.38 Å². The van der Waals surface area contributed by atoms with Crippen molar-refractivity contribution in [2.24, 2.45) is 5.73 Å². The molecule has 15 heavy (non-hydrogen) atoms. The van der Waals surface area contributed by atoms with Gasteiger partial charge >= 0.3 is 0 Å². The Balaban J connectivity index is 2.08. The lowest BCUT2D eigenvalue weighted by Crippen LogP contribution is -2.41. The Bertz CT molecular complexity index is 326. The minimum Gasteiger partial charge on any atom is -0.375 e. The van der Waals surface area contributed by atoms with Crippen LogP contribution in [0.25, 0.3) is 0 Å². The average molecular weight is 227 g/mol. The zero-order valence-electron chi connectivity index (χ0n) is 9.14. The highest BCUT2D eigenvalue weighted by molar-refractivity contribution is 7.13. The number of hydrogen-bond acceptors (Lipinski definition) is 5. The average Bonchev–Trinajstić information content (AvgIpc) is 2.66. The molecule has 1 aromatic rings. The molecule has 2 rings (SSSR count). The van der Waals surface area contributed by atoms with E-state index >= 15 is 0 Å². The third-order valence-electron chi connectivity index (χ3n) is 2.49. The van der Waals surface area contributed by atoms with E-state index in [1.807, 2.05) is 12.3 Å². The monoisotopic (exact) mass is 227 g/mol. The molecule has 0 amide bonds. The largest absolute Gasteiger partial charge is 0.375 e. The first-order valence-corrected chi connectivity index (χ1v) is 6.12. The van der Waals surface area contributed by atoms with E-state index in [0.717, 1.165) is 30.5 Å². The molecular weight excluding hydrogens is 210 g/mol. The molecule has 84 valence electrons. The number of anilines is 1. The van der Waals surface area contributed by atoms with Crippen molar-refractivity contribution in [3.8, 4) is 0 Å². The van der Waals surface area contributed by atoms with Crippen molar-refractivity contribution < 1.29 is 4.74 Å². The highest BCUT2D eigenvalue weighted by atomic mass is 32.1. The molecule has 0 radical (unpaired) electrons. The second kappa shape index (κ2) is 4.47. The second-order valence-electron chi connectivity index (χ2n) is 3.97. The predicted molar refractivity (Wildman–Crippen MR) is 62.3 cm³/mol. The van der Waals surface area contributed by atoms with Crippen LogP contribution in [-0.2, 0) is 4.74 Å². The molecule has 1 saturated heterocycles. The normalized spacial score (nSPS) is 24.2. The van der Waals surface area contributed by atoms with Gasteiger partial charge in [-0.15, -0.1) is 11.3 Å². The lowest BCUT2D eigenvalue weighted by atomic mass is 10.3. The summed E-state index contributed by atoms with van der Waals surface area (Å²) in [6.45, 7) is 6.68. The zero-order valence-corrected chi connectivity index (χ0v) is 9.96. The fourth-order valence-corrected chi connectivity index (χ4v) is 2.59. The summed E-state index contributed by atoms with van der Waals surface area (Å²) in [6, 6.07) is 0.0217. The molecular formula is C10H17N3OS. The second-order valence-corrected chi connectivity index (χ2v) is 4.81. The standard InChI is InChI=1S/C10H17N3OS/c1-7-5-13(3-4-14-7)10-12-9(6-15-10)8(2)11/h6-8H,3-5,11H2,1-2H3. The highest BCUT2D eigenvalue weighted by Gasteiger charge is 2.19. The number of hydrogen-bond donors (Lipinski definition) is 1. The van der Waals surface area contributed by atoms with Crippen molar-refractivity contribution in [3.63, 3.8) is 0 Å². The van der Waals surface area contributed by atoms with Gasteiger partial charge < -0.3 is 15.4 Å². The van der Waals surface area contributed by atoms with E-state index < -0.39 is 0 Å². The van der Waals surface area contributed by atoms with Crippen molar-refractivity contribution in [2.45, 2.75) is 26.0 Å². The van der Waals surface area contributed by atoms with Gasteiger partial charge in [0.05, 0.1) is 18.4 Å². The maximum Gasteiger partial charge on any atom is 0.185 e. The smallest absolute Gasteiger partial charge is 0.185 e. The van der Waals surface area contributed by atoms with E-state index in [4.69, 9.17) is 10.5 Å². The Morgan fingerprint density at radius 2 is 2.53 bits per heavy atom. The topological polar surface area (TPSA) is 51.4 Å². The molecule has 0 spiro atoms. The molecule has 1 aromatic heterocycles. The molecule has 2 heterocycles. The summed E-state index contributed by atoms with van der Waals surface area (Å²) in [6.07, 6.45) is 0.293. The van der Waals surface area contributed by atoms with Crippen molar-refractivity contribution in [1.82, 2.24) is 4.98 Å². The van der Waals surface area contributed by atoms with E-state index in [-0.39, 0.29) is 6.04 Å². The number of ether oxygens (including phenoxy) is 1. The van der Waals surface area contributed by atoms with Crippen LogP contribution in [0.3, 0.4) is 0 Å². The lowest BCUT2D eigenvalue weighted by Gasteiger charge is -2.30. The van der Waals surface area contributed by atoms with E-state index in [0.29, 0.717) is 6.10 Å². The van der Waals surface area contributed by atoms with Crippen LogP contribution in [0.1, 0.15) is 25.6 Å². The molecule has 1 fully saturated rings. The highest BCUT2D eigenvalue weighted by Crippen LogP contribution is 2.24. The Labute approximate surface area is 94.1 Å². The maximum absolute atomic E-state index is 5.78. The van der Waals surface area contributed by atoms with Crippen LogP contribution in [0, 0.1) is 0 Å². The number of nitrogens with two attached hydrogens (primary N) is 1. The molecule has 0 saturated carbocycles. The lowest BCUT2D eigenvalue weighted by molar-refractivity contribution is 0.0532. The minimum absolute atomic E-state index is 0.0217. The van der Waals surface area contributed by atoms with Crippen LogP contribution < -0.4 is 10.6 Å². The Morgan fingerprint density at radius 1 is 1.73 bits per heavy atom. The number of rotatable bonds is 2. The summed E-state index contributed by atoms with van der Waals surface area (Å²) in [5.74, 6) is 0. The van der Waals surface area contributed by atoms with E-state index in [1.165, 1.54) is 0 Å². The molecule has 1 aliphatic rings. The molecule has 4 nitrogen and oxygen atoms in total. The summed E-state index contributed by atoms with van der Waals surface area (Å²) in [7, 11) is 0. The molecule has 2 N–H and O–H groups in total. The summed E-state index contributed by atoms with van der Waals surface area (Å²) in [5, 5.41) is 3.11. The fraction of sp³-hybridized carbons (Fsp3) is 0.700. The third kappa shape index (κ3) is 2.48. The van der Waals surface area contributed by atoms with Gasteiger partial charge in [0, 0.05) is 24.5 Å².